The van der Waals surface area contributed by atoms with Crippen molar-refractivity contribution in [1.29, 1.82) is 0 Å². The Morgan fingerprint density at radius 2 is 1.52 bits per heavy atom. The molecule has 1 aromatic rings. The molecule has 0 radical (unpaired) electrons. The lowest BCUT2D eigenvalue weighted by Gasteiger charge is -2.51. The lowest BCUT2D eigenvalue weighted by molar-refractivity contribution is -0.137. The fourth-order valence-electron chi connectivity index (χ4n) is 6.90. The zero-order valence-electron chi connectivity index (χ0n) is 17.6. The highest BCUT2D eigenvalue weighted by molar-refractivity contribution is 5.27. The molecule has 1 aromatic carbocycles. The Bertz CT molecular complexity index is 687. The van der Waals surface area contributed by atoms with Gasteiger partial charge in [-0.15, -0.1) is 0 Å². The first kappa shape index (κ1) is 21.0. The fourth-order valence-corrected chi connectivity index (χ4v) is 6.90. The number of fused-ring (bicyclic) bond motifs is 3. The normalized spacial score (nSPS) is 35.3. The van der Waals surface area contributed by atoms with Crippen LogP contribution in [0.4, 0.5) is 13.2 Å². The third kappa shape index (κ3) is 4.75. The molecular formula is C26H35F3. The molecule has 4 rings (SSSR count). The number of halogens is 3. The van der Waals surface area contributed by atoms with E-state index in [1.165, 1.54) is 69.9 Å². The molecule has 3 aliphatic rings. The summed E-state index contributed by atoms with van der Waals surface area (Å²) < 4.78 is 38.6. The highest BCUT2D eigenvalue weighted by Crippen LogP contribution is 2.55. The van der Waals surface area contributed by atoms with E-state index in [2.05, 4.69) is 19.1 Å². The Hall–Kier alpha value is -1.25. The lowest BCUT2D eigenvalue weighted by atomic mass is 9.55. The maximum atomic E-state index is 12.9. The monoisotopic (exact) mass is 404 g/mol. The van der Waals surface area contributed by atoms with E-state index in [1.807, 2.05) is 0 Å². The molecule has 0 heterocycles. The van der Waals surface area contributed by atoms with E-state index < -0.39 is 11.7 Å². The van der Waals surface area contributed by atoms with Gasteiger partial charge in [0.25, 0.3) is 0 Å². The second kappa shape index (κ2) is 8.86. The minimum Gasteiger partial charge on any atom is -0.166 e. The molecule has 0 amide bonds. The van der Waals surface area contributed by atoms with Crippen LogP contribution in [0.3, 0.4) is 0 Å². The van der Waals surface area contributed by atoms with Crippen molar-refractivity contribution in [3.05, 3.63) is 47.5 Å². The van der Waals surface area contributed by atoms with Gasteiger partial charge in [0.15, 0.2) is 0 Å². The van der Waals surface area contributed by atoms with Gasteiger partial charge in [-0.25, -0.2) is 0 Å². The van der Waals surface area contributed by atoms with Gasteiger partial charge in [-0.3, -0.25) is 0 Å². The van der Waals surface area contributed by atoms with Gasteiger partial charge in [0, 0.05) is 0 Å². The predicted molar refractivity (Wildman–Crippen MR) is 113 cm³/mol. The van der Waals surface area contributed by atoms with Crippen molar-refractivity contribution >= 4 is 0 Å². The smallest absolute Gasteiger partial charge is 0.166 e. The largest absolute Gasteiger partial charge is 0.416 e. The minimum atomic E-state index is -4.24. The van der Waals surface area contributed by atoms with E-state index in [-0.39, 0.29) is 0 Å². The second-order valence-electron chi connectivity index (χ2n) is 9.88. The number of benzene rings is 1. The molecule has 0 aliphatic heterocycles. The van der Waals surface area contributed by atoms with Crippen molar-refractivity contribution in [2.75, 3.05) is 0 Å². The number of hydrogen-bond donors (Lipinski definition) is 0. The number of hydrogen-bond acceptors (Lipinski definition) is 0. The van der Waals surface area contributed by atoms with E-state index in [9.17, 15) is 13.2 Å². The molecule has 3 aliphatic carbocycles. The number of alkyl halides is 3. The summed E-state index contributed by atoms with van der Waals surface area (Å²) in [5.41, 5.74) is 0.591. The van der Waals surface area contributed by atoms with Gasteiger partial charge in [-0.05, 0) is 118 Å². The van der Waals surface area contributed by atoms with Crippen LogP contribution in [0.2, 0.25) is 0 Å². The molecule has 0 nitrogen and oxygen atoms in total. The van der Waals surface area contributed by atoms with Gasteiger partial charge in [-0.2, -0.15) is 13.2 Å². The summed E-state index contributed by atoms with van der Waals surface area (Å²) in [6.07, 6.45) is 13.4. The van der Waals surface area contributed by atoms with E-state index in [1.54, 1.807) is 12.1 Å². The third-order valence-electron chi connectivity index (χ3n) is 8.34. The zero-order valence-corrected chi connectivity index (χ0v) is 17.6. The van der Waals surface area contributed by atoms with Gasteiger partial charge in [0.1, 0.15) is 0 Å². The molecule has 0 bridgehead atoms. The molecular weight excluding hydrogens is 369 g/mol. The summed E-state index contributed by atoms with van der Waals surface area (Å²) in [4.78, 5) is 0. The van der Waals surface area contributed by atoms with Crippen LogP contribution in [0.5, 0.6) is 0 Å². The lowest BCUT2D eigenvalue weighted by Crippen LogP contribution is -2.41. The number of rotatable bonds is 4. The predicted octanol–water partition coefficient (Wildman–Crippen LogP) is 8.39. The minimum absolute atomic E-state index is 0.451. The molecule has 29 heavy (non-hydrogen) atoms. The highest BCUT2D eigenvalue weighted by atomic mass is 19.4. The first-order valence-electron chi connectivity index (χ1n) is 11.7. The zero-order chi connectivity index (χ0) is 20.4. The first-order chi connectivity index (χ1) is 14.0. The summed E-state index contributed by atoms with van der Waals surface area (Å²) >= 11 is 0. The van der Waals surface area contributed by atoms with Crippen LogP contribution < -0.4 is 0 Å². The Labute approximate surface area is 174 Å². The summed E-state index contributed by atoms with van der Waals surface area (Å²) in [6.45, 7) is 2.11. The van der Waals surface area contributed by atoms with Crippen molar-refractivity contribution in [3.8, 4) is 0 Å². The Balaban J connectivity index is 1.35. The fraction of sp³-hybridized carbons (Fsp3) is 0.692. The van der Waals surface area contributed by atoms with E-state index in [0.717, 1.165) is 41.6 Å². The molecule has 6 unspecified atom stereocenters. The molecule has 0 saturated heterocycles. The Morgan fingerprint density at radius 3 is 2.17 bits per heavy atom. The van der Waals surface area contributed by atoms with Crippen LogP contribution >= 0.6 is 0 Å². The van der Waals surface area contributed by atoms with E-state index in [4.69, 9.17) is 0 Å². The molecule has 160 valence electrons. The summed E-state index contributed by atoms with van der Waals surface area (Å²) in [7, 11) is 0. The summed E-state index contributed by atoms with van der Waals surface area (Å²) in [5.74, 6) is 4.89. The molecule has 3 fully saturated rings. The van der Waals surface area contributed by atoms with Crippen molar-refractivity contribution in [2.24, 2.45) is 29.6 Å². The molecule has 0 aromatic heterocycles. The number of allylic oxidation sites excluding steroid dienone is 2. The van der Waals surface area contributed by atoms with Crippen LogP contribution in [0, 0.1) is 29.6 Å². The molecule has 0 N–H and O–H groups in total. The topological polar surface area (TPSA) is 0 Å². The Kier molecular flexibility index (Phi) is 6.41. The average molecular weight is 405 g/mol. The third-order valence-corrected chi connectivity index (χ3v) is 8.34. The van der Waals surface area contributed by atoms with E-state index >= 15 is 0 Å². The van der Waals surface area contributed by atoms with Gasteiger partial charge >= 0.3 is 6.18 Å². The van der Waals surface area contributed by atoms with Crippen LogP contribution in [0.15, 0.2) is 36.4 Å². The maximum absolute atomic E-state index is 12.9. The van der Waals surface area contributed by atoms with Crippen LogP contribution in [-0.2, 0) is 6.18 Å². The summed E-state index contributed by atoms with van der Waals surface area (Å²) in [6, 6.07) is 6.01. The van der Waals surface area contributed by atoms with Gasteiger partial charge in [-0.1, -0.05) is 30.7 Å². The van der Waals surface area contributed by atoms with Crippen molar-refractivity contribution in [2.45, 2.75) is 83.2 Å². The molecule has 0 spiro atoms. The van der Waals surface area contributed by atoms with Crippen molar-refractivity contribution in [3.63, 3.8) is 0 Å². The first-order valence-corrected chi connectivity index (χ1v) is 11.7. The van der Waals surface area contributed by atoms with Crippen LogP contribution in [0.25, 0.3) is 0 Å². The van der Waals surface area contributed by atoms with Gasteiger partial charge < -0.3 is 0 Å². The molecule has 3 heteroatoms. The van der Waals surface area contributed by atoms with Crippen molar-refractivity contribution in [1.82, 2.24) is 0 Å². The van der Waals surface area contributed by atoms with E-state index in [0.29, 0.717) is 5.92 Å². The Morgan fingerprint density at radius 1 is 0.862 bits per heavy atom. The SMILES string of the molecule is C/C=C/CCC1CCC2C(CCC3CC(c4ccc(C(F)(F)F)cc4)CCC32)C1. The van der Waals surface area contributed by atoms with Crippen LogP contribution in [-0.4, -0.2) is 0 Å². The average Bonchev–Trinajstić information content (AvgIpc) is 2.73. The molecule has 6 atom stereocenters. The highest BCUT2D eigenvalue weighted by Gasteiger charge is 2.44. The molecule has 3 saturated carbocycles. The van der Waals surface area contributed by atoms with Gasteiger partial charge in [0.2, 0.25) is 0 Å². The van der Waals surface area contributed by atoms with Crippen LogP contribution in [0.1, 0.15) is 88.2 Å². The standard InChI is InChI=1S/C26H35F3/c1-2-3-4-5-18-6-14-24-21(16-18)7-8-22-17-20(11-15-25(22)24)19-9-12-23(13-10-19)26(27,28)29/h2-3,9-10,12-13,18,20-22,24-25H,4-8,11,14-17H2,1H3/b3-2+. The summed E-state index contributed by atoms with van der Waals surface area (Å²) in [5, 5.41) is 0. The quantitative estimate of drug-likeness (QED) is 0.442. The van der Waals surface area contributed by atoms with Gasteiger partial charge in [0.05, 0.1) is 5.56 Å². The maximum Gasteiger partial charge on any atom is 0.416 e. The second-order valence-corrected chi connectivity index (χ2v) is 9.88. The van der Waals surface area contributed by atoms with Crippen molar-refractivity contribution < 1.29 is 13.2 Å².